The number of fused-ring (bicyclic) bond motifs is 6. The van der Waals surface area contributed by atoms with Crippen molar-refractivity contribution in [3.8, 4) is 78.7 Å². The summed E-state index contributed by atoms with van der Waals surface area (Å²) < 4.78 is 13.3. The number of benzene rings is 9. The number of rotatable bonds is 7. The van der Waals surface area contributed by atoms with E-state index in [1.807, 2.05) is 36.4 Å². The Balaban J connectivity index is 0.982. The fourth-order valence-electron chi connectivity index (χ4n) is 8.74. The lowest BCUT2D eigenvalue weighted by Gasteiger charge is -2.11. The van der Waals surface area contributed by atoms with E-state index in [2.05, 4.69) is 176 Å². The van der Waals surface area contributed by atoms with Crippen LogP contribution in [-0.4, -0.2) is 15.0 Å². The molecule has 0 saturated carbocycles. The summed E-state index contributed by atoms with van der Waals surface area (Å²) in [5, 5.41) is 4.31. The van der Waals surface area contributed by atoms with Gasteiger partial charge in [0.2, 0.25) is 0 Å². The van der Waals surface area contributed by atoms with Gasteiger partial charge in [-0.05, 0) is 63.7 Å². The third kappa shape index (κ3) is 6.14. The van der Waals surface area contributed by atoms with Gasteiger partial charge in [-0.1, -0.05) is 182 Å². The van der Waals surface area contributed by atoms with Crippen LogP contribution >= 0.6 is 0 Å². The first-order valence-electron chi connectivity index (χ1n) is 20.8. The molecule has 290 valence electrons. The maximum atomic E-state index is 6.74. The van der Waals surface area contributed by atoms with Crippen LogP contribution in [0, 0.1) is 0 Å². The lowest BCUT2D eigenvalue weighted by atomic mass is 9.93. The predicted molar refractivity (Wildman–Crippen MR) is 252 cm³/mol. The average molecular weight is 794 g/mol. The molecule has 0 radical (unpaired) electrons. The Morgan fingerprint density at radius 2 is 0.710 bits per heavy atom. The number of hydrogen-bond donors (Lipinski definition) is 0. The van der Waals surface area contributed by atoms with Crippen molar-refractivity contribution < 1.29 is 8.83 Å². The van der Waals surface area contributed by atoms with E-state index in [1.165, 1.54) is 0 Å². The minimum Gasteiger partial charge on any atom is -0.455 e. The molecule has 0 aliphatic rings. The van der Waals surface area contributed by atoms with Crippen molar-refractivity contribution in [2.75, 3.05) is 0 Å². The van der Waals surface area contributed by atoms with E-state index in [9.17, 15) is 0 Å². The maximum absolute atomic E-state index is 6.74. The Morgan fingerprint density at radius 1 is 0.258 bits per heavy atom. The highest BCUT2D eigenvalue weighted by molar-refractivity contribution is 6.19. The molecule has 12 aromatic rings. The zero-order valence-corrected chi connectivity index (χ0v) is 33.4. The van der Waals surface area contributed by atoms with Gasteiger partial charge in [-0.2, -0.15) is 0 Å². The zero-order valence-electron chi connectivity index (χ0n) is 33.4. The zero-order chi connectivity index (χ0) is 41.0. The summed E-state index contributed by atoms with van der Waals surface area (Å²) in [6.45, 7) is 0. The van der Waals surface area contributed by atoms with Crippen molar-refractivity contribution in [1.29, 1.82) is 0 Å². The van der Waals surface area contributed by atoms with Gasteiger partial charge in [0.15, 0.2) is 17.5 Å². The topological polar surface area (TPSA) is 65.0 Å². The lowest BCUT2D eigenvalue weighted by molar-refractivity contribution is 0.669. The summed E-state index contributed by atoms with van der Waals surface area (Å²) in [7, 11) is 0. The van der Waals surface area contributed by atoms with Crippen LogP contribution in [0.4, 0.5) is 0 Å². The van der Waals surface area contributed by atoms with Crippen LogP contribution in [0.3, 0.4) is 0 Å². The normalized spacial score (nSPS) is 11.5. The van der Waals surface area contributed by atoms with E-state index in [0.717, 1.165) is 105 Å². The van der Waals surface area contributed by atoms with E-state index < -0.39 is 0 Å². The van der Waals surface area contributed by atoms with Crippen molar-refractivity contribution in [3.63, 3.8) is 0 Å². The molecule has 0 amide bonds. The fraction of sp³-hybridized carbons (Fsp3) is 0. The Morgan fingerprint density at radius 3 is 1.35 bits per heavy atom. The molecule has 0 saturated heterocycles. The molecule has 0 fully saturated rings. The molecule has 0 N–H and O–H groups in total. The number of nitrogens with zero attached hydrogens (tertiary/aromatic N) is 3. The third-order valence-electron chi connectivity index (χ3n) is 11.8. The first-order chi connectivity index (χ1) is 30.7. The van der Waals surface area contributed by atoms with Crippen LogP contribution in [0.2, 0.25) is 0 Å². The highest BCUT2D eigenvalue weighted by Crippen LogP contribution is 2.45. The van der Waals surface area contributed by atoms with Crippen molar-refractivity contribution >= 4 is 43.9 Å². The summed E-state index contributed by atoms with van der Waals surface area (Å²) in [4.78, 5) is 15.4. The summed E-state index contributed by atoms with van der Waals surface area (Å²) in [5.74, 6) is 1.81. The SMILES string of the molecule is c1ccc(-c2cccc(-c3nc(-c4ccc(-c5ccc(-c6cccc7c6oc6ccccc67)c6c5oc5ccccc56)cc4)nc(-c4cccc(-c5ccccc5)c4)n3)c2)cc1. The molecule has 62 heavy (non-hydrogen) atoms. The summed E-state index contributed by atoms with van der Waals surface area (Å²) in [6.07, 6.45) is 0. The summed E-state index contributed by atoms with van der Waals surface area (Å²) >= 11 is 0. The molecule has 0 aliphatic carbocycles. The second kappa shape index (κ2) is 14.7. The monoisotopic (exact) mass is 793 g/mol. The number of hydrogen-bond acceptors (Lipinski definition) is 5. The minimum atomic E-state index is 0.593. The van der Waals surface area contributed by atoms with Crippen molar-refractivity contribution in [1.82, 2.24) is 15.0 Å². The number of aromatic nitrogens is 3. The molecule has 0 spiro atoms. The van der Waals surface area contributed by atoms with Gasteiger partial charge < -0.3 is 8.83 Å². The Bertz CT molecular complexity index is 3530. The van der Waals surface area contributed by atoms with E-state index in [4.69, 9.17) is 23.8 Å². The van der Waals surface area contributed by atoms with Gasteiger partial charge in [0.25, 0.3) is 0 Å². The third-order valence-corrected chi connectivity index (χ3v) is 11.8. The van der Waals surface area contributed by atoms with E-state index in [-0.39, 0.29) is 0 Å². The summed E-state index contributed by atoms with van der Waals surface area (Å²) in [5.41, 5.74) is 14.7. The second-order valence-corrected chi connectivity index (χ2v) is 15.5. The highest BCUT2D eigenvalue weighted by atomic mass is 16.3. The Hall–Kier alpha value is -8.41. The molecule has 12 rings (SSSR count). The lowest BCUT2D eigenvalue weighted by Crippen LogP contribution is -2.00. The quantitative estimate of drug-likeness (QED) is 0.161. The van der Waals surface area contributed by atoms with Crippen molar-refractivity contribution in [2.24, 2.45) is 0 Å². The highest BCUT2D eigenvalue weighted by Gasteiger charge is 2.21. The largest absolute Gasteiger partial charge is 0.455 e. The smallest absolute Gasteiger partial charge is 0.164 e. The average Bonchev–Trinajstić information content (AvgIpc) is 3.94. The van der Waals surface area contributed by atoms with Crippen molar-refractivity contribution in [3.05, 3.63) is 212 Å². The predicted octanol–water partition coefficient (Wildman–Crippen LogP) is 15.3. The van der Waals surface area contributed by atoms with E-state index >= 15 is 0 Å². The molecule has 0 aliphatic heterocycles. The van der Waals surface area contributed by atoms with Crippen LogP contribution in [0.5, 0.6) is 0 Å². The van der Waals surface area contributed by atoms with Gasteiger partial charge in [0, 0.05) is 49.4 Å². The van der Waals surface area contributed by atoms with E-state index in [1.54, 1.807) is 0 Å². The van der Waals surface area contributed by atoms with Gasteiger partial charge >= 0.3 is 0 Å². The molecule has 0 bridgehead atoms. The molecule has 0 unspecified atom stereocenters. The standard InChI is InChI=1S/C57H35N3O2/c1-3-14-36(15-4-1)40-18-11-20-42(34-40)56-58-55(59-57(60-56)43-21-12-19-41(35-43)37-16-5-2-6-17-37)39-30-28-38(29-31-39)44-32-33-46(52-49-23-8-10-27-51(49)62-54(44)52)48-25-13-24-47-45-22-7-9-26-50(45)61-53(47)48/h1-35H. The van der Waals surface area contributed by atoms with Crippen LogP contribution in [0.25, 0.3) is 123 Å². The Labute approximate surface area is 357 Å². The molecule has 3 aromatic heterocycles. The Kier molecular flexibility index (Phi) is 8.42. The van der Waals surface area contributed by atoms with Crippen LogP contribution in [0.1, 0.15) is 0 Å². The van der Waals surface area contributed by atoms with Crippen LogP contribution in [0.15, 0.2) is 221 Å². The molecule has 3 heterocycles. The number of furan rings is 2. The second-order valence-electron chi connectivity index (χ2n) is 15.5. The molecule has 5 heteroatoms. The molecular weight excluding hydrogens is 759 g/mol. The molecule has 5 nitrogen and oxygen atoms in total. The molecule has 0 atom stereocenters. The van der Waals surface area contributed by atoms with Crippen LogP contribution < -0.4 is 0 Å². The van der Waals surface area contributed by atoms with Gasteiger partial charge in [-0.25, -0.2) is 15.0 Å². The van der Waals surface area contributed by atoms with E-state index in [0.29, 0.717) is 17.5 Å². The summed E-state index contributed by atoms with van der Waals surface area (Å²) in [6, 6.07) is 73.2. The minimum absolute atomic E-state index is 0.593. The maximum Gasteiger partial charge on any atom is 0.164 e. The molecule has 9 aromatic carbocycles. The first kappa shape index (κ1) is 35.5. The van der Waals surface area contributed by atoms with Gasteiger partial charge in [-0.3, -0.25) is 0 Å². The van der Waals surface area contributed by atoms with Gasteiger partial charge in [0.05, 0.1) is 0 Å². The fourth-order valence-corrected chi connectivity index (χ4v) is 8.74. The van der Waals surface area contributed by atoms with Gasteiger partial charge in [0.1, 0.15) is 22.3 Å². The number of para-hydroxylation sites is 3. The van der Waals surface area contributed by atoms with Crippen LogP contribution in [-0.2, 0) is 0 Å². The first-order valence-corrected chi connectivity index (χ1v) is 20.8. The van der Waals surface area contributed by atoms with Crippen molar-refractivity contribution in [2.45, 2.75) is 0 Å². The molecular formula is C57H35N3O2. The van der Waals surface area contributed by atoms with Gasteiger partial charge in [-0.15, -0.1) is 0 Å².